The molecule has 0 aliphatic carbocycles. The van der Waals surface area contributed by atoms with Gasteiger partial charge in [0.15, 0.2) is 0 Å². The minimum absolute atomic E-state index is 0.889. The van der Waals surface area contributed by atoms with Crippen molar-refractivity contribution in [3.8, 4) is 16.9 Å². The van der Waals surface area contributed by atoms with E-state index in [1.54, 1.807) is 18.9 Å². The Morgan fingerprint density at radius 3 is 1.69 bits per heavy atom. The van der Waals surface area contributed by atoms with Crippen molar-refractivity contribution in [1.29, 1.82) is 0 Å². The van der Waals surface area contributed by atoms with Gasteiger partial charge in [0.1, 0.15) is 5.75 Å². The van der Waals surface area contributed by atoms with E-state index in [2.05, 4.69) is 103 Å². The monoisotopic (exact) mass is 430 g/mol. The predicted octanol–water partition coefficient (Wildman–Crippen LogP) is 8.70. The molecule has 0 N–H and O–H groups in total. The molecule has 0 unspecified atom stereocenters. The predicted molar refractivity (Wildman–Crippen MR) is 140 cm³/mol. The molecule has 0 saturated heterocycles. The number of thioether (sulfide) groups is 1. The Hall–Kier alpha value is -3.49. The fourth-order valence-corrected chi connectivity index (χ4v) is 5.64. The summed E-state index contributed by atoms with van der Waals surface area (Å²) in [6, 6.07) is 35.2. The Balaban J connectivity index is 1.86. The third-order valence-corrected chi connectivity index (χ3v) is 7.22. The van der Waals surface area contributed by atoms with Gasteiger partial charge in [0.2, 0.25) is 0 Å². The Morgan fingerprint density at radius 1 is 0.531 bits per heavy atom. The van der Waals surface area contributed by atoms with E-state index in [9.17, 15) is 0 Å². The van der Waals surface area contributed by atoms with Crippen molar-refractivity contribution in [2.45, 2.75) is 4.90 Å². The molecule has 154 valence electrons. The van der Waals surface area contributed by atoms with E-state index in [-0.39, 0.29) is 0 Å². The van der Waals surface area contributed by atoms with Gasteiger partial charge in [-0.3, -0.25) is 0 Å². The van der Waals surface area contributed by atoms with Crippen LogP contribution >= 0.6 is 11.8 Å². The standard InChI is InChI=1S/C30H22OS/c1-31-19-15-16-24(29(17-19)32-2)27-18-28-22-11-4-3-9-20(22)21-10-5-7-13-25(21)30(28)26-14-8-6-12-23(26)27/h3-18H,1-2H3. The lowest BCUT2D eigenvalue weighted by Gasteiger charge is -2.17. The van der Waals surface area contributed by atoms with E-state index < -0.39 is 0 Å². The summed E-state index contributed by atoms with van der Waals surface area (Å²) in [4.78, 5) is 1.22. The van der Waals surface area contributed by atoms with Crippen LogP contribution in [-0.2, 0) is 0 Å². The molecule has 0 radical (unpaired) electrons. The first kappa shape index (κ1) is 19.2. The molecule has 32 heavy (non-hydrogen) atoms. The highest BCUT2D eigenvalue weighted by atomic mass is 32.2. The molecule has 0 bridgehead atoms. The smallest absolute Gasteiger partial charge is 0.120 e. The van der Waals surface area contributed by atoms with Crippen LogP contribution in [0, 0.1) is 0 Å². The first-order valence-corrected chi connectivity index (χ1v) is 12.0. The highest BCUT2D eigenvalue weighted by molar-refractivity contribution is 7.98. The highest BCUT2D eigenvalue weighted by Crippen LogP contribution is 2.44. The maximum Gasteiger partial charge on any atom is 0.120 e. The Bertz CT molecular complexity index is 1650. The lowest BCUT2D eigenvalue weighted by Crippen LogP contribution is -1.91. The Labute approximate surface area is 191 Å². The number of rotatable bonds is 3. The van der Waals surface area contributed by atoms with E-state index in [1.807, 2.05) is 0 Å². The first-order valence-electron chi connectivity index (χ1n) is 10.8. The molecular formula is C30H22OS. The lowest BCUT2D eigenvalue weighted by atomic mass is 9.87. The number of benzene rings is 6. The van der Waals surface area contributed by atoms with Gasteiger partial charge in [-0.25, -0.2) is 0 Å². The highest BCUT2D eigenvalue weighted by Gasteiger charge is 2.16. The van der Waals surface area contributed by atoms with E-state index in [1.165, 1.54) is 59.1 Å². The number of ether oxygens (including phenoxy) is 1. The van der Waals surface area contributed by atoms with E-state index in [0.29, 0.717) is 0 Å². The van der Waals surface area contributed by atoms with Gasteiger partial charge in [0.05, 0.1) is 7.11 Å². The second-order valence-electron chi connectivity index (χ2n) is 8.05. The third-order valence-electron chi connectivity index (χ3n) is 6.45. The van der Waals surface area contributed by atoms with Crippen LogP contribution < -0.4 is 4.74 Å². The van der Waals surface area contributed by atoms with Crippen molar-refractivity contribution in [2.75, 3.05) is 13.4 Å². The summed E-state index contributed by atoms with van der Waals surface area (Å²) < 4.78 is 5.50. The Kier molecular flexibility index (Phi) is 4.55. The van der Waals surface area contributed by atoms with Gasteiger partial charge in [0, 0.05) is 4.90 Å². The number of fused-ring (bicyclic) bond motifs is 8. The normalized spacial score (nSPS) is 11.6. The van der Waals surface area contributed by atoms with Crippen molar-refractivity contribution >= 4 is 54.9 Å². The molecule has 0 heterocycles. The minimum atomic E-state index is 0.889. The van der Waals surface area contributed by atoms with Crippen LogP contribution in [0.15, 0.2) is 102 Å². The summed E-state index contributed by atoms with van der Waals surface area (Å²) in [5.41, 5.74) is 2.51. The molecule has 6 rings (SSSR count). The average Bonchev–Trinajstić information content (AvgIpc) is 2.87. The van der Waals surface area contributed by atoms with Gasteiger partial charge in [-0.15, -0.1) is 11.8 Å². The first-order chi connectivity index (χ1) is 15.8. The van der Waals surface area contributed by atoms with Crippen LogP contribution in [0.25, 0.3) is 54.2 Å². The lowest BCUT2D eigenvalue weighted by molar-refractivity contribution is 0.414. The van der Waals surface area contributed by atoms with Crippen molar-refractivity contribution in [3.63, 3.8) is 0 Å². The van der Waals surface area contributed by atoms with Crippen molar-refractivity contribution in [3.05, 3.63) is 97.1 Å². The quantitative estimate of drug-likeness (QED) is 0.205. The van der Waals surface area contributed by atoms with Crippen LogP contribution in [0.2, 0.25) is 0 Å². The van der Waals surface area contributed by atoms with Gasteiger partial charge in [0.25, 0.3) is 0 Å². The summed E-state index contributed by atoms with van der Waals surface area (Å²) in [6.45, 7) is 0. The molecule has 0 spiro atoms. The summed E-state index contributed by atoms with van der Waals surface area (Å²) >= 11 is 1.76. The molecule has 0 aromatic heterocycles. The van der Waals surface area contributed by atoms with Crippen molar-refractivity contribution < 1.29 is 4.74 Å². The zero-order valence-electron chi connectivity index (χ0n) is 18.1. The van der Waals surface area contributed by atoms with Crippen LogP contribution in [0.3, 0.4) is 0 Å². The van der Waals surface area contributed by atoms with Gasteiger partial charge in [-0.1, -0.05) is 72.8 Å². The summed E-state index contributed by atoms with van der Waals surface area (Å²) in [5.74, 6) is 0.889. The topological polar surface area (TPSA) is 9.23 Å². The van der Waals surface area contributed by atoms with Crippen molar-refractivity contribution in [2.24, 2.45) is 0 Å². The van der Waals surface area contributed by atoms with Gasteiger partial charge in [-0.2, -0.15) is 0 Å². The molecule has 2 heteroatoms. The van der Waals surface area contributed by atoms with Crippen LogP contribution in [0.4, 0.5) is 0 Å². The number of methoxy groups -OCH3 is 1. The van der Waals surface area contributed by atoms with Crippen LogP contribution in [-0.4, -0.2) is 13.4 Å². The van der Waals surface area contributed by atoms with Gasteiger partial charge >= 0.3 is 0 Å². The van der Waals surface area contributed by atoms with E-state index in [0.717, 1.165) is 5.75 Å². The fourth-order valence-electron chi connectivity index (χ4n) is 5.01. The zero-order chi connectivity index (χ0) is 21.7. The second kappa shape index (κ2) is 7.58. The van der Waals surface area contributed by atoms with E-state index in [4.69, 9.17) is 4.74 Å². The average molecular weight is 431 g/mol. The molecule has 0 saturated carbocycles. The molecular weight excluding hydrogens is 408 g/mol. The van der Waals surface area contributed by atoms with Crippen LogP contribution in [0.1, 0.15) is 0 Å². The second-order valence-corrected chi connectivity index (χ2v) is 8.90. The summed E-state index contributed by atoms with van der Waals surface area (Å²) in [7, 11) is 1.72. The number of hydrogen-bond donors (Lipinski definition) is 0. The third kappa shape index (κ3) is 2.80. The van der Waals surface area contributed by atoms with Crippen molar-refractivity contribution in [1.82, 2.24) is 0 Å². The minimum Gasteiger partial charge on any atom is -0.497 e. The van der Waals surface area contributed by atoms with Crippen LogP contribution in [0.5, 0.6) is 5.75 Å². The summed E-state index contributed by atoms with van der Waals surface area (Å²) in [5, 5.41) is 10.4. The summed E-state index contributed by atoms with van der Waals surface area (Å²) in [6.07, 6.45) is 2.13. The molecule has 6 aromatic rings. The zero-order valence-corrected chi connectivity index (χ0v) is 18.9. The maximum atomic E-state index is 5.50. The molecule has 6 aromatic carbocycles. The molecule has 0 atom stereocenters. The SMILES string of the molecule is COc1ccc(-c2cc3c4ccccc4c4ccccc4c3c3ccccc23)c(SC)c1. The molecule has 0 amide bonds. The maximum absolute atomic E-state index is 5.50. The number of hydrogen-bond acceptors (Lipinski definition) is 2. The van der Waals surface area contributed by atoms with Gasteiger partial charge in [-0.05, 0) is 84.7 Å². The molecule has 1 nitrogen and oxygen atoms in total. The van der Waals surface area contributed by atoms with Gasteiger partial charge < -0.3 is 4.74 Å². The molecule has 0 fully saturated rings. The molecule has 0 aliphatic heterocycles. The largest absolute Gasteiger partial charge is 0.497 e. The molecule has 0 aliphatic rings. The fraction of sp³-hybridized carbons (Fsp3) is 0.0667. The van der Waals surface area contributed by atoms with E-state index >= 15 is 0 Å². The Morgan fingerprint density at radius 2 is 1.06 bits per heavy atom.